The molecule has 0 saturated carbocycles. The Morgan fingerprint density at radius 1 is 0.839 bits per heavy atom. The molecule has 0 bridgehead atoms. The number of anilines is 1. The number of likely N-dealkylation sites (N-methyl/N-ethyl adjacent to an activating group) is 1. The van der Waals surface area contributed by atoms with Crippen LogP contribution in [-0.4, -0.2) is 105 Å². The van der Waals surface area contributed by atoms with Gasteiger partial charge in [-0.1, -0.05) is 43.9 Å². The molecule has 2 aromatic rings. The number of nitrogens with zero attached hydrogens (tertiary/aromatic N) is 1. The molecule has 1 heterocycles. The SMILES string of the molecule is C=C(/C=C/C=C/C=C1/N(CC)c2ccc(S(=O)(=O)O)cc2C1(C)CCOCCOCCOCCOC)C(C)(CCCS(=O)(=O)O)c1cc(S(=O)(=O)O)ccc1C. The van der Waals surface area contributed by atoms with Crippen LogP contribution in [0.25, 0.3) is 0 Å². The lowest BCUT2D eigenvalue weighted by Gasteiger charge is -2.33. The second-order valence-electron chi connectivity index (χ2n) is 13.8. The second kappa shape index (κ2) is 20.5. The van der Waals surface area contributed by atoms with Gasteiger partial charge in [0.15, 0.2) is 0 Å². The van der Waals surface area contributed by atoms with E-state index < -0.39 is 46.9 Å². The normalized spacial score (nSPS) is 18.3. The van der Waals surface area contributed by atoms with E-state index in [-0.39, 0.29) is 22.6 Å². The van der Waals surface area contributed by atoms with Crippen molar-refractivity contribution in [2.75, 3.05) is 70.6 Å². The molecule has 3 rings (SSSR count). The van der Waals surface area contributed by atoms with Gasteiger partial charge >= 0.3 is 0 Å². The van der Waals surface area contributed by atoms with Crippen LogP contribution in [0.2, 0.25) is 0 Å². The van der Waals surface area contributed by atoms with Gasteiger partial charge in [-0.3, -0.25) is 13.7 Å². The minimum absolute atomic E-state index is 0.0476. The van der Waals surface area contributed by atoms with Crippen molar-refractivity contribution in [1.29, 1.82) is 0 Å². The maximum atomic E-state index is 12.1. The third-order valence-corrected chi connectivity index (χ3v) is 12.4. The number of ether oxygens (including phenoxy) is 4. The predicted octanol–water partition coefficient (Wildman–Crippen LogP) is 5.85. The molecular weight excluding hydrogens is 787 g/mol. The van der Waals surface area contributed by atoms with Gasteiger partial charge in [0.05, 0.1) is 55.2 Å². The third-order valence-electron chi connectivity index (χ3n) is 9.91. The van der Waals surface area contributed by atoms with Gasteiger partial charge in [0.2, 0.25) is 0 Å². The zero-order chi connectivity index (χ0) is 41.8. The van der Waals surface area contributed by atoms with Crippen LogP contribution < -0.4 is 4.90 Å². The standard InChI is InChI=1S/C39H55NO13S3/c1-7-40-36-17-16-33(56(47,48)49)29-35(36)39(5,19-20-51-23-24-53-26-25-52-22-21-50-6)37(40)13-10-8-9-12-31(3)38(4,18-11-27-54(41,42)43)34-28-32(55(44,45)46)15-14-30(34)2/h8-10,12-17,28-29H,3,7,11,18-27H2,1-2,4-6H3,(H,41,42,43)(H,44,45,46)(H,47,48,49)/b10-8+,12-9+,37-13+. The summed E-state index contributed by atoms with van der Waals surface area (Å²) >= 11 is 0. The molecule has 14 nitrogen and oxygen atoms in total. The highest BCUT2D eigenvalue weighted by atomic mass is 32.2. The first-order valence-corrected chi connectivity index (χ1v) is 22.6. The monoisotopic (exact) mass is 841 g/mol. The summed E-state index contributed by atoms with van der Waals surface area (Å²) < 4.78 is 122. The summed E-state index contributed by atoms with van der Waals surface area (Å²) in [5.41, 5.74) is 2.40. The quantitative estimate of drug-likeness (QED) is 0.0645. The van der Waals surface area contributed by atoms with Gasteiger partial charge in [-0.25, -0.2) is 0 Å². The molecule has 0 radical (unpaired) electrons. The van der Waals surface area contributed by atoms with Gasteiger partial charge in [-0.05, 0) is 98.7 Å². The number of benzene rings is 2. The van der Waals surface area contributed by atoms with E-state index in [1.165, 1.54) is 24.3 Å². The largest absolute Gasteiger partial charge is 0.382 e. The number of allylic oxidation sites excluding steroid dienone is 7. The van der Waals surface area contributed by atoms with Crippen LogP contribution >= 0.6 is 0 Å². The van der Waals surface area contributed by atoms with Crippen LogP contribution in [0, 0.1) is 6.92 Å². The van der Waals surface area contributed by atoms with Gasteiger partial charge < -0.3 is 23.8 Å². The predicted molar refractivity (Wildman–Crippen MR) is 215 cm³/mol. The van der Waals surface area contributed by atoms with Crippen molar-refractivity contribution in [3.63, 3.8) is 0 Å². The molecule has 0 amide bonds. The third kappa shape index (κ3) is 12.9. The average molecular weight is 842 g/mol. The molecule has 0 aromatic heterocycles. The maximum absolute atomic E-state index is 12.1. The molecular formula is C39H55NO13S3. The Kier molecular flexibility index (Phi) is 17.2. The molecule has 3 N–H and O–H groups in total. The molecule has 0 spiro atoms. The lowest BCUT2D eigenvalue weighted by molar-refractivity contribution is 0.00221. The average Bonchev–Trinajstić information content (AvgIpc) is 3.35. The minimum atomic E-state index is -4.53. The Balaban J connectivity index is 1.89. The zero-order valence-corrected chi connectivity index (χ0v) is 35.1. The molecule has 0 aliphatic carbocycles. The summed E-state index contributed by atoms with van der Waals surface area (Å²) in [6.45, 7) is 15.2. The van der Waals surface area contributed by atoms with E-state index in [4.69, 9.17) is 18.9 Å². The summed E-state index contributed by atoms with van der Waals surface area (Å²) in [6.07, 6.45) is 9.67. The van der Waals surface area contributed by atoms with Crippen molar-refractivity contribution in [3.05, 3.63) is 101 Å². The summed E-state index contributed by atoms with van der Waals surface area (Å²) in [4.78, 5) is 1.54. The van der Waals surface area contributed by atoms with E-state index >= 15 is 0 Å². The molecule has 56 heavy (non-hydrogen) atoms. The van der Waals surface area contributed by atoms with Crippen LogP contribution in [0.4, 0.5) is 5.69 Å². The molecule has 2 aromatic carbocycles. The molecule has 1 aliphatic rings. The number of rotatable bonds is 24. The van der Waals surface area contributed by atoms with Crippen LogP contribution in [0.1, 0.15) is 56.7 Å². The van der Waals surface area contributed by atoms with E-state index in [1.807, 2.05) is 26.0 Å². The maximum Gasteiger partial charge on any atom is 0.294 e. The van der Waals surface area contributed by atoms with Gasteiger partial charge in [-0.2, -0.15) is 25.3 Å². The number of aryl methyl sites for hydroxylation is 1. The molecule has 2 atom stereocenters. The zero-order valence-electron chi connectivity index (χ0n) is 32.6. The second-order valence-corrected chi connectivity index (χ2v) is 18.2. The van der Waals surface area contributed by atoms with E-state index in [1.54, 1.807) is 51.3 Å². The van der Waals surface area contributed by atoms with Crippen LogP contribution in [0.3, 0.4) is 0 Å². The molecule has 1 aliphatic heterocycles. The molecule has 0 fully saturated rings. The van der Waals surface area contributed by atoms with E-state index in [9.17, 15) is 38.9 Å². The Hall–Kier alpha value is -3.23. The van der Waals surface area contributed by atoms with E-state index in [2.05, 4.69) is 11.5 Å². The first-order valence-electron chi connectivity index (χ1n) is 18.1. The summed E-state index contributed by atoms with van der Waals surface area (Å²) in [5.74, 6) is -0.505. The molecule has 17 heteroatoms. The molecule has 0 saturated heterocycles. The molecule has 312 valence electrons. The lowest BCUT2D eigenvalue weighted by atomic mass is 9.71. The Labute approximate surface area is 332 Å². The Morgan fingerprint density at radius 2 is 1.41 bits per heavy atom. The first kappa shape index (κ1) is 47.1. The fourth-order valence-corrected chi connectivity index (χ4v) is 8.28. The molecule has 2 unspecified atom stereocenters. The Bertz CT molecular complexity index is 2090. The summed E-state index contributed by atoms with van der Waals surface area (Å²) in [6, 6.07) is 8.73. The fraction of sp³-hybridized carbons (Fsp3) is 0.487. The van der Waals surface area contributed by atoms with Gasteiger partial charge in [0.1, 0.15) is 0 Å². The number of methoxy groups -OCH3 is 1. The number of hydrogen-bond donors (Lipinski definition) is 3. The van der Waals surface area contributed by atoms with E-state index in [0.717, 1.165) is 11.4 Å². The van der Waals surface area contributed by atoms with Gasteiger partial charge in [0.25, 0.3) is 30.4 Å². The first-order chi connectivity index (χ1) is 26.2. The number of hydrogen-bond acceptors (Lipinski definition) is 11. The smallest absolute Gasteiger partial charge is 0.294 e. The van der Waals surface area contributed by atoms with Crippen LogP contribution in [-0.2, 0) is 60.1 Å². The lowest BCUT2D eigenvalue weighted by Crippen LogP contribution is -2.30. The fourth-order valence-electron chi connectivity index (χ4n) is 6.76. The topological polar surface area (TPSA) is 203 Å². The van der Waals surface area contributed by atoms with Crippen LogP contribution in [0.5, 0.6) is 0 Å². The van der Waals surface area contributed by atoms with Crippen molar-refractivity contribution in [3.8, 4) is 0 Å². The van der Waals surface area contributed by atoms with Gasteiger partial charge in [0, 0.05) is 42.5 Å². The minimum Gasteiger partial charge on any atom is -0.382 e. The summed E-state index contributed by atoms with van der Waals surface area (Å²) in [7, 11) is -11.7. The van der Waals surface area contributed by atoms with Crippen LogP contribution in [0.15, 0.2) is 94.4 Å². The Morgan fingerprint density at radius 3 is 1.98 bits per heavy atom. The highest BCUT2D eigenvalue weighted by molar-refractivity contribution is 7.86. The van der Waals surface area contributed by atoms with Gasteiger partial charge in [-0.15, -0.1) is 0 Å². The highest BCUT2D eigenvalue weighted by Gasteiger charge is 2.43. The van der Waals surface area contributed by atoms with E-state index in [0.29, 0.717) is 81.5 Å². The highest BCUT2D eigenvalue weighted by Crippen LogP contribution is 2.50. The van der Waals surface area contributed by atoms with Crippen molar-refractivity contribution in [2.45, 2.75) is 67.6 Å². The van der Waals surface area contributed by atoms with Crippen molar-refractivity contribution < 1.29 is 57.9 Å². The summed E-state index contributed by atoms with van der Waals surface area (Å²) in [5, 5.41) is 0. The van der Waals surface area contributed by atoms with Crippen molar-refractivity contribution in [2.24, 2.45) is 0 Å². The van der Waals surface area contributed by atoms with Crippen molar-refractivity contribution >= 4 is 36.0 Å². The number of fused-ring (bicyclic) bond motifs is 1. The van der Waals surface area contributed by atoms with Crippen molar-refractivity contribution in [1.82, 2.24) is 0 Å².